The Hall–Kier alpha value is -2.29. The van der Waals surface area contributed by atoms with E-state index in [4.69, 9.17) is 9.47 Å². The third-order valence-electron chi connectivity index (χ3n) is 3.70. The SMILES string of the molecule is O=C(Oc1ccc(S(=O)(=O)N2CCOCC2)cc1)c1cccc(F)c1. The number of sulfonamides is 1. The molecule has 0 N–H and O–H groups in total. The van der Waals surface area contributed by atoms with Gasteiger partial charge in [-0.05, 0) is 42.5 Å². The Kier molecular flexibility index (Phi) is 5.12. The minimum atomic E-state index is -3.60. The summed E-state index contributed by atoms with van der Waals surface area (Å²) in [5, 5.41) is 0. The maximum Gasteiger partial charge on any atom is 0.343 e. The molecule has 25 heavy (non-hydrogen) atoms. The quantitative estimate of drug-likeness (QED) is 0.613. The summed E-state index contributed by atoms with van der Waals surface area (Å²) in [6.45, 7) is 1.34. The van der Waals surface area contributed by atoms with Crippen molar-refractivity contribution in [2.24, 2.45) is 0 Å². The van der Waals surface area contributed by atoms with Crippen LogP contribution in [0.1, 0.15) is 10.4 Å². The lowest BCUT2D eigenvalue weighted by Crippen LogP contribution is -2.40. The van der Waals surface area contributed by atoms with Crippen LogP contribution in [0.25, 0.3) is 0 Å². The molecule has 0 unspecified atom stereocenters. The van der Waals surface area contributed by atoms with Gasteiger partial charge in [0.1, 0.15) is 11.6 Å². The third-order valence-corrected chi connectivity index (χ3v) is 5.62. The molecule has 0 radical (unpaired) electrons. The van der Waals surface area contributed by atoms with Gasteiger partial charge in [-0.3, -0.25) is 0 Å². The van der Waals surface area contributed by atoms with Crippen LogP contribution >= 0.6 is 0 Å². The first-order valence-electron chi connectivity index (χ1n) is 7.62. The molecule has 0 aromatic heterocycles. The number of ether oxygens (including phenoxy) is 2. The number of rotatable bonds is 4. The minimum absolute atomic E-state index is 0.0741. The highest BCUT2D eigenvalue weighted by Crippen LogP contribution is 2.21. The van der Waals surface area contributed by atoms with Gasteiger partial charge in [0.15, 0.2) is 0 Å². The summed E-state index contributed by atoms with van der Waals surface area (Å²) in [5.74, 6) is -1.08. The smallest absolute Gasteiger partial charge is 0.343 e. The number of halogens is 1. The van der Waals surface area contributed by atoms with Crippen LogP contribution in [0, 0.1) is 5.82 Å². The van der Waals surface area contributed by atoms with Gasteiger partial charge in [-0.2, -0.15) is 4.31 Å². The number of esters is 1. The molecule has 6 nitrogen and oxygen atoms in total. The number of hydrogen-bond donors (Lipinski definition) is 0. The molecule has 2 aromatic carbocycles. The van der Waals surface area contributed by atoms with E-state index in [2.05, 4.69) is 0 Å². The summed E-state index contributed by atoms with van der Waals surface area (Å²) in [6, 6.07) is 10.7. The van der Waals surface area contributed by atoms with Crippen molar-refractivity contribution in [1.29, 1.82) is 0 Å². The molecule has 2 aromatic rings. The van der Waals surface area contributed by atoms with Crippen molar-refractivity contribution in [2.75, 3.05) is 26.3 Å². The Morgan fingerprint density at radius 1 is 1.08 bits per heavy atom. The highest BCUT2D eigenvalue weighted by atomic mass is 32.2. The molecule has 0 atom stereocenters. The molecule has 1 saturated heterocycles. The first-order chi connectivity index (χ1) is 12.0. The molecule has 1 heterocycles. The van der Waals surface area contributed by atoms with Gasteiger partial charge in [-0.25, -0.2) is 17.6 Å². The van der Waals surface area contributed by atoms with Crippen LogP contribution < -0.4 is 4.74 Å². The monoisotopic (exact) mass is 365 g/mol. The lowest BCUT2D eigenvalue weighted by atomic mass is 10.2. The highest BCUT2D eigenvalue weighted by molar-refractivity contribution is 7.89. The molecule has 1 aliphatic rings. The van der Waals surface area contributed by atoms with E-state index in [0.717, 1.165) is 6.07 Å². The topological polar surface area (TPSA) is 72.9 Å². The molecule has 1 fully saturated rings. The van der Waals surface area contributed by atoms with Gasteiger partial charge in [-0.1, -0.05) is 6.07 Å². The van der Waals surface area contributed by atoms with E-state index < -0.39 is 21.8 Å². The van der Waals surface area contributed by atoms with Gasteiger partial charge in [-0.15, -0.1) is 0 Å². The number of nitrogens with zero attached hydrogens (tertiary/aromatic N) is 1. The fraction of sp³-hybridized carbons (Fsp3) is 0.235. The van der Waals surface area contributed by atoms with Crippen molar-refractivity contribution >= 4 is 16.0 Å². The average molecular weight is 365 g/mol. The summed E-state index contributed by atoms with van der Waals surface area (Å²) in [5.41, 5.74) is 0.0741. The second-order valence-corrected chi connectivity index (χ2v) is 7.33. The summed E-state index contributed by atoms with van der Waals surface area (Å²) >= 11 is 0. The lowest BCUT2D eigenvalue weighted by Gasteiger charge is -2.26. The molecule has 0 aliphatic carbocycles. The summed E-state index contributed by atoms with van der Waals surface area (Å²) in [4.78, 5) is 12.1. The Morgan fingerprint density at radius 2 is 1.76 bits per heavy atom. The summed E-state index contributed by atoms with van der Waals surface area (Å²) < 4.78 is 49.8. The van der Waals surface area contributed by atoms with E-state index in [0.29, 0.717) is 26.3 Å². The average Bonchev–Trinajstić information content (AvgIpc) is 2.63. The van der Waals surface area contributed by atoms with E-state index >= 15 is 0 Å². The van der Waals surface area contributed by atoms with Gasteiger partial charge in [0, 0.05) is 13.1 Å². The van der Waals surface area contributed by atoms with Crippen LogP contribution in [0.4, 0.5) is 4.39 Å². The number of carbonyl (C=O) groups excluding carboxylic acids is 1. The minimum Gasteiger partial charge on any atom is -0.423 e. The van der Waals surface area contributed by atoms with Crippen LogP contribution in [-0.4, -0.2) is 45.0 Å². The van der Waals surface area contributed by atoms with Gasteiger partial charge < -0.3 is 9.47 Å². The van der Waals surface area contributed by atoms with Crippen molar-refractivity contribution < 1.29 is 27.1 Å². The zero-order chi connectivity index (χ0) is 17.9. The normalized spacial score (nSPS) is 15.7. The maximum atomic E-state index is 13.1. The number of benzene rings is 2. The van der Waals surface area contributed by atoms with Gasteiger partial charge >= 0.3 is 5.97 Å². The first-order valence-corrected chi connectivity index (χ1v) is 9.06. The predicted molar refractivity (Wildman–Crippen MR) is 87.4 cm³/mol. The first kappa shape index (κ1) is 17.5. The van der Waals surface area contributed by atoms with Crippen LogP contribution in [0.15, 0.2) is 53.4 Å². The molecule has 0 amide bonds. The Labute approximate surface area is 144 Å². The fourth-order valence-corrected chi connectivity index (χ4v) is 3.81. The molecule has 0 bridgehead atoms. The van der Waals surface area contributed by atoms with Gasteiger partial charge in [0.25, 0.3) is 0 Å². The Balaban J connectivity index is 1.73. The molecule has 3 rings (SSSR count). The van der Waals surface area contributed by atoms with Crippen molar-refractivity contribution in [2.45, 2.75) is 4.90 Å². The fourth-order valence-electron chi connectivity index (χ4n) is 2.40. The third kappa shape index (κ3) is 4.04. The standard InChI is InChI=1S/C17H16FNO5S/c18-14-3-1-2-13(12-14)17(20)24-15-4-6-16(7-5-15)25(21,22)19-8-10-23-11-9-19/h1-7,12H,8-11H2. The van der Waals surface area contributed by atoms with E-state index in [1.807, 2.05) is 0 Å². The van der Waals surface area contributed by atoms with Crippen LogP contribution in [0.3, 0.4) is 0 Å². The van der Waals surface area contributed by atoms with Crippen molar-refractivity contribution in [3.05, 3.63) is 59.9 Å². The summed E-state index contributed by atoms with van der Waals surface area (Å²) in [7, 11) is -3.60. The largest absolute Gasteiger partial charge is 0.423 e. The summed E-state index contributed by atoms with van der Waals surface area (Å²) in [6.07, 6.45) is 0. The number of carbonyl (C=O) groups is 1. The second-order valence-electron chi connectivity index (χ2n) is 5.39. The van der Waals surface area contributed by atoms with Crippen LogP contribution in [0.5, 0.6) is 5.75 Å². The highest BCUT2D eigenvalue weighted by Gasteiger charge is 2.26. The van der Waals surface area contributed by atoms with Crippen LogP contribution in [0.2, 0.25) is 0 Å². The second kappa shape index (κ2) is 7.30. The molecule has 0 saturated carbocycles. The number of morpholine rings is 1. The molecular weight excluding hydrogens is 349 g/mol. The molecule has 8 heteroatoms. The van der Waals surface area contributed by atoms with Gasteiger partial charge in [0.2, 0.25) is 10.0 Å². The van der Waals surface area contributed by atoms with E-state index in [1.165, 1.54) is 46.8 Å². The van der Waals surface area contributed by atoms with E-state index in [9.17, 15) is 17.6 Å². The van der Waals surface area contributed by atoms with E-state index in [-0.39, 0.29) is 16.2 Å². The Morgan fingerprint density at radius 3 is 2.40 bits per heavy atom. The lowest BCUT2D eigenvalue weighted by molar-refractivity contribution is 0.0728. The zero-order valence-corrected chi connectivity index (χ0v) is 14.0. The predicted octanol–water partition coefficient (Wildman–Crippen LogP) is 2.07. The van der Waals surface area contributed by atoms with Crippen molar-refractivity contribution in [1.82, 2.24) is 4.31 Å². The van der Waals surface area contributed by atoms with Crippen LogP contribution in [-0.2, 0) is 14.8 Å². The van der Waals surface area contributed by atoms with Gasteiger partial charge in [0.05, 0.1) is 23.7 Å². The number of hydrogen-bond acceptors (Lipinski definition) is 5. The van der Waals surface area contributed by atoms with Crippen molar-refractivity contribution in [3.8, 4) is 5.75 Å². The Bertz CT molecular complexity index is 861. The zero-order valence-electron chi connectivity index (χ0n) is 13.2. The molecule has 132 valence electrons. The van der Waals surface area contributed by atoms with E-state index in [1.54, 1.807) is 0 Å². The maximum absolute atomic E-state index is 13.1. The van der Waals surface area contributed by atoms with Crippen molar-refractivity contribution in [3.63, 3.8) is 0 Å². The molecule has 1 aliphatic heterocycles. The molecular formula is C17H16FNO5S. The molecule has 0 spiro atoms.